The van der Waals surface area contributed by atoms with Crippen molar-refractivity contribution in [2.24, 2.45) is 7.05 Å². The summed E-state index contributed by atoms with van der Waals surface area (Å²) in [7, 11) is 2.02. The molecule has 0 N–H and O–H groups in total. The first-order chi connectivity index (χ1) is 5.29. The maximum Gasteiger partial charge on any atom is 0.139 e. The predicted octanol–water partition coefficient (Wildman–Crippen LogP) is 1.68. The molecule has 2 nitrogen and oxygen atoms in total. The highest BCUT2D eigenvalue weighted by Crippen LogP contribution is 2.13. The second-order valence-electron chi connectivity index (χ2n) is 2.69. The molecular weight excluding hydrogens is 136 g/mol. The maximum absolute atomic E-state index is 4.21. The van der Waals surface area contributed by atoms with Crippen LogP contribution in [0.3, 0.4) is 0 Å². The summed E-state index contributed by atoms with van der Waals surface area (Å²) in [6.07, 6.45) is 1.70. The van der Waals surface area contributed by atoms with E-state index in [-0.39, 0.29) is 0 Å². The summed E-state index contributed by atoms with van der Waals surface area (Å²) in [4.78, 5) is 4.21. The third kappa shape index (κ3) is 0.827. The highest BCUT2D eigenvalue weighted by molar-refractivity contribution is 5.76. The summed E-state index contributed by atoms with van der Waals surface area (Å²) in [6, 6.07) is 7.02. The second kappa shape index (κ2) is 2.09. The van der Waals surface area contributed by atoms with Crippen LogP contribution in [0.5, 0.6) is 0 Å². The first-order valence-corrected chi connectivity index (χ1v) is 3.57. The lowest BCUT2D eigenvalue weighted by Crippen LogP contribution is -1.90. The molecular formula is C9H9N2. The first kappa shape index (κ1) is 6.40. The Balaban J connectivity index is 2.92. The third-order valence-electron chi connectivity index (χ3n) is 1.97. The normalized spacial score (nSPS) is 10.7. The zero-order valence-corrected chi connectivity index (χ0v) is 6.63. The standard InChI is InChI=1S/C9H9N2/c1-7-6-8-4-3-5-10-9(8)11(7)2/h4-6H,1-2H3. The van der Waals surface area contributed by atoms with Crippen molar-refractivity contribution in [3.05, 3.63) is 30.1 Å². The van der Waals surface area contributed by atoms with Gasteiger partial charge in [0, 0.05) is 30.4 Å². The topological polar surface area (TPSA) is 17.8 Å². The Hall–Kier alpha value is -1.31. The lowest BCUT2D eigenvalue weighted by atomic mass is 10.3. The Bertz CT molecular complexity index is 387. The van der Waals surface area contributed by atoms with Gasteiger partial charge in [0.05, 0.1) is 0 Å². The van der Waals surface area contributed by atoms with Gasteiger partial charge >= 0.3 is 0 Å². The molecule has 2 aromatic heterocycles. The van der Waals surface area contributed by atoms with Gasteiger partial charge in [0.25, 0.3) is 0 Å². The van der Waals surface area contributed by atoms with Crippen LogP contribution < -0.4 is 0 Å². The van der Waals surface area contributed by atoms with Gasteiger partial charge in [0.2, 0.25) is 0 Å². The molecule has 2 rings (SSSR count). The first-order valence-electron chi connectivity index (χ1n) is 3.57. The van der Waals surface area contributed by atoms with E-state index in [1.807, 2.05) is 13.1 Å². The van der Waals surface area contributed by atoms with Crippen LogP contribution in [0.1, 0.15) is 5.69 Å². The van der Waals surface area contributed by atoms with Gasteiger partial charge in [-0.25, -0.2) is 4.98 Å². The van der Waals surface area contributed by atoms with Gasteiger partial charge in [-0.2, -0.15) is 0 Å². The highest BCUT2D eigenvalue weighted by Gasteiger charge is 2.00. The SMILES string of the molecule is Cc1cc2c[c]cnc2n1C. The summed E-state index contributed by atoms with van der Waals surface area (Å²) in [5, 5.41) is 1.16. The Kier molecular flexibility index (Phi) is 1.22. The van der Waals surface area contributed by atoms with E-state index in [4.69, 9.17) is 0 Å². The monoisotopic (exact) mass is 145 g/mol. The third-order valence-corrected chi connectivity index (χ3v) is 1.97. The Labute approximate surface area is 65.5 Å². The van der Waals surface area contributed by atoms with Gasteiger partial charge in [0.15, 0.2) is 0 Å². The number of aromatic nitrogens is 2. The van der Waals surface area contributed by atoms with E-state index in [9.17, 15) is 0 Å². The number of hydrogen-bond donors (Lipinski definition) is 0. The lowest BCUT2D eigenvalue weighted by molar-refractivity contribution is 0.902. The van der Waals surface area contributed by atoms with Gasteiger partial charge < -0.3 is 4.57 Å². The molecule has 0 amide bonds. The average Bonchev–Trinajstić information content (AvgIpc) is 2.30. The van der Waals surface area contributed by atoms with E-state index < -0.39 is 0 Å². The summed E-state index contributed by atoms with van der Waals surface area (Å²) in [5.74, 6) is 0. The van der Waals surface area contributed by atoms with Crippen LogP contribution >= 0.6 is 0 Å². The van der Waals surface area contributed by atoms with E-state index in [0.29, 0.717) is 0 Å². The van der Waals surface area contributed by atoms with Gasteiger partial charge in [-0.3, -0.25) is 0 Å². The number of nitrogens with zero attached hydrogens (tertiary/aromatic N) is 2. The minimum Gasteiger partial charge on any atom is -0.333 e. The van der Waals surface area contributed by atoms with Crippen LogP contribution in [0, 0.1) is 13.0 Å². The van der Waals surface area contributed by atoms with Crippen molar-refractivity contribution in [3.8, 4) is 0 Å². The summed E-state index contributed by atoms with van der Waals surface area (Å²) >= 11 is 0. The van der Waals surface area contributed by atoms with Crippen LogP contribution in [-0.4, -0.2) is 9.55 Å². The largest absolute Gasteiger partial charge is 0.333 e. The van der Waals surface area contributed by atoms with Crippen molar-refractivity contribution >= 4 is 11.0 Å². The fourth-order valence-electron chi connectivity index (χ4n) is 1.24. The number of pyridine rings is 1. The fourth-order valence-corrected chi connectivity index (χ4v) is 1.24. The van der Waals surface area contributed by atoms with Gasteiger partial charge in [0.1, 0.15) is 5.65 Å². The van der Waals surface area contributed by atoms with Crippen molar-refractivity contribution in [1.29, 1.82) is 0 Å². The van der Waals surface area contributed by atoms with Gasteiger partial charge in [-0.1, -0.05) is 0 Å². The molecule has 0 atom stereocenters. The smallest absolute Gasteiger partial charge is 0.139 e. The van der Waals surface area contributed by atoms with Gasteiger partial charge in [-0.15, -0.1) is 0 Å². The average molecular weight is 145 g/mol. The second-order valence-corrected chi connectivity index (χ2v) is 2.69. The molecule has 0 aromatic carbocycles. The molecule has 0 spiro atoms. The molecule has 0 aliphatic rings. The number of rotatable bonds is 0. The van der Waals surface area contributed by atoms with Crippen LogP contribution in [-0.2, 0) is 7.05 Å². The Morgan fingerprint density at radius 1 is 1.55 bits per heavy atom. The number of aryl methyl sites for hydroxylation is 2. The van der Waals surface area contributed by atoms with Crippen molar-refractivity contribution in [1.82, 2.24) is 9.55 Å². The molecule has 11 heavy (non-hydrogen) atoms. The highest BCUT2D eigenvalue weighted by atomic mass is 15.0. The summed E-state index contributed by atoms with van der Waals surface area (Å²) in [5.41, 5.74) is 2.26. The molecule has 1 radical (unpaired) electrons. The Morgan fingerprint density at radius 2 is 2.36 bits per heavy atom. The van der Waals surface area contributed by atoms with Gasteiger partial charge in [-0.05, 0) is 19.1 Å². The summed E-state index contributed by atoms with van der Waals surface area (Å²) < 4.78 is 2.07. The van der Waals surface area contributed by atoms with E-state index in [0.717, 1.165) is 11.0 Å². The quantitative estimate of drug-likeness (QED) is 0.551. The van der Waals surface area contributed by atoms with Crippen molar-refractivity contribution in [3.63, 3.8) is 0 Å². The maximum atomic E-state index is 4.21. The molecule has 0 saturated carbocycles. The van der Waals surface area contributed by atoms with Crippen LogP contribution in [0.2, 0.25) is 0 Å². The molecule has 2 aromatic rings. The van der Waals surface area contributed by atoms with E-state index in [1.165, 1.54) is 5.69 Å². The molecule has 0 saturated heterocycles. The lowest BCUT2D eigenvalue weighted by Gasteiger charge is -1.95. The van der Waals surface area contributed by atoms with E-state index >= 15 is 0 Å². The molecule has 2 heteroatoms. The van der Waals surface area contributed by atoms with Crippen molar-refractivity contribution in [2.75, 3.05) is 0 Å². The zero-order valence-electron chi connectivity index (χ0n) is 6.63. The molecule has 55 valence electrons. The van der Waals surface area contributed by atoms with Crippen molar-refractivity contribution in [2.45, 2.75) is 6.92 Å². The molecule has 0 aliphatic carbocycles. The molecule has 0 fully saturated rings. The molecule has 0 unspecified atom stereocenters. The minimum absolute atomic E-state index is 1.03. The Morgan fingerprint density at radius 3 is 3.09 bits per heavy atom. The minimum atomic E-state index is 1.03. The van der Waals surface area contributed by atoms with Crippen LogP contribution in [0.15, 0.2) is 18.3 Å². The summed E-state index contributed by atoms with van der Waals surface area (Å²) in [6.45, 7) is 2.07. The molecule has 2 heterocycles. The molecule has 0 aliphatic heterocycles. The number of hydrogen-bond acceptors (Lipinski definition) is 1. The van der Waals surface area contributed by atoms with Crippen molar-refractivity contribution < 1.29 is 0 Å². The zero-order chi connectivity index (χ0) is 7.84. The fraction of sp³-hybridized carbons (Fsp3) is 0.222. The number of fused-ring (bicyclic) bond motifs is 1. The molecule has 0 bridgehead atoms. The predicted molar refractivity (Wildman–Crippen MR) is 44.3 cm³/mol. The van der Waals surface area contributed by atoms with Crippen LogP contribution in [0.4, 0.5) is 0 Å². The van der Waals surface area contributed by atoms with E-state index in [1.54, 1.807) is 6.20 Å². The van der Waals surface area contributed by atoms with Crippen LogP contribution in [0.25, 0.3) is 11.0 Å². The van der Waals surface area contributed by atoms with E-state index in [2.05, 4.69) is 28.6 Å².